The Kier molecular flexibility index (Phi) is 40.7. The number of rotatable bonds is 44. The number of carboxylic acid groups (broad SMARTS) is 4. The zero-order valence-corrected chi connectivity index (χ0v) is 80.1. The normalized spacial score (nSPS) is 10.7. The largest absolute Gasteiger partial charge is 0.506 e. The van der Waals surface area contributed by atoms with E-state index in [0.29, 0.717) is 66.4 Å². The van der Waals surface area contributed by atoms with E-state index in [1.54, 1.807) is 76.2 Å². The van der Waals surface area contributed by atoms with Gasteiger partial charge in [-0.1, -0.05) is 58.5 Å². The van der Waals surface area contributed by atoms with Crippen molar-refractivity contribution in [2.75, 3.05) is 138 Å². The van der Waals surface area contributed by atoms with Crippen LogP contribution in [0.2, 0.25) is 20.1 Å². The van der Waals surface area contributed by atoms with Crippen LogP contribution in [-0.2, 0) is 114 Å². The fourth-order valence-corrected chi connectivity index (χ4v) is 14.1. The highest BCUT2D eigenvalue weighted by atomic mass is 79.9. The first-order chi connectivity index (χ1) is 65.8. The number of aryl methyl sites for hydroxylation is 4. The monoisotopic (exact) mass is 2080 g/mol. The van der Waals surface area contributed by atoms with Gasteiger partial charge in [-0.25, -0.2) is 0 Å². The highest BCUT2D eigenvalue weighted by molar-refractivity contribution is 9.09. The van der Waals surface area contributed by atoms with Crippen molar-refractivity contribution in [2.24, 2.45) is 0 Å². The van der Waals surface area contributed by atoms with Gasteiger partial charge in [-0.2, -0.15) is 0 Å². The molecule has 4 aliphatic rings. The molecule has 0 saturated heterocycles. The summed E-state index contributed by atoms with van der Waals surface area (Å²) in [6.07, 6.45) is 0. The maximum atomic E-state index is 13.4. The molecule has 0 bridgehead atoms. The fourth-order valence-electron chi connectivity index (χ4n) is 13.0. The van der Waals surface area contributed by atoms with Crippen LogP contribution in [0, 0.1) is 27.7 Å². The van der Waals surface area contributed by atoms with Gasteiger partial charge in [0.15, 0.2) is 0 Å². The lowest BCUT2D eigenvalue weighted by atomic mass is 9.90. The predicted molar refractivity (Wildman–Crippen MR) is 498 cm³/mol. The second-order valence-corrected chi connectivity index (χ2v) is 31.5. The van der Waals surface area contributed by atoms with E-state index in [1.807, 2.05) is 0 Å². The van der Waals surface area contributed by atoms with Gasteiger partial charge in [0, 0.05) is 98.8 Å². The molecular formula is C92H89BrCl4N4O38. The van der Waals surface area contributed by atoms with E-state index in [4.69, 9.17) is 122 Å². The van der Waals surface area contributed by atoms with Crippen LogP contribution in [0.5, 0.6) is 34.5 Å². The van der Waals surface area contributed by atoms with Crippen molar-refractivity contribution in [2.45, 2.75) is 69.2 Å². The number of ether oxygens (including phenoxy) is 15. The van der Waals surface area contributed by atoms with Crippen LogP contribution in [0.1, 0.15) is 63.8 Å². The number of halogens is 5. The van der Waals surface area contributed by atoms with Gasteiger partial charge < -0.3 is 125 Å². The lowest BCUT2D eigenvalue weighted by molar-refractivity contribution is -0.167. The van der Waals surface area contributed by atoms with E-state index >= 15 is 0 Å². The molecule has 0 radical (unpaired) electrons. The van der Waals surface area contributed by atoms with E-state index in [0.717, 1.165) is 43.1 Å². The Morgan fingerprint density at radius 2 is 0.633 bits per heavy atom. The average molecular weight is 2080 g/mol. The van der Waals surface area contributed by atoms with Crippen LogP contribution >= 0.6 is 62.3 Å². The number of alkyl halides is 1. The minimum Gasteiger partial charge on any atom is -0.506 e. The van der Waals surface area contributed by atoms with Gasteiger partial charge in [-0.15, -0.1) is 0 Å². The van der Waals surface area contributed by atoms with Crippen LogP contribution < -0.4 is 54.1 Å². The van der Waals surface area contributed by atoms with Crippen molar-refractivity contribution >= 4 is 191 Å². The molecule has 740 valence electrons. The quantitative estimate of drug-likeness (QED) is 0.00591. The highest BCUT2D eigenvalue weighted by Gasteiger charge is 2.32. The van der Waals surface area contributed by atoms with Crippen molar-refractivity contribution in [3.05, 3.63) is 172 Å². The highest BCUT2D eigenvalue weighted by Crippen LogP contribution is 2.50. The summed E-state index contributed by atoms with van der Waals surface area (Å²) in [5.41, 5.74) is 4.75. The fraction of sp³-hybridized carbons (Fsp3) is 0.304. The molecule has 6 aromatic carbocycles. The number of hydrogen-bond donors (Lipinski definition) is 5. The third-order valence-electron chi connectivity index (χ3n) is 18.9. The molecular weight excluding hydrogens is 1990 g/mol. The summed E-state index contributed by atoms with van der Waals surface area (Å²) in [5.74, 6) is -12.6. The van der Waals surface area contributed by atoms with E-state index in [1.165, 1.54) is 84.3 Å². The van der Waals surface area contributed by atoms with Gasteiger partial charge >= 0.3 is 83.6 Å². The Labute approximate surface area is 816 Å². The number of esters is 10. The Hall–Kier alpha value is -15.1. The number of carbonyl (C=O) groups is 14. The van der Waals surface area contributed by atoms with Crippen LogP contribution in [0.4, 0.5) is 22.7 Å². The Morgan fingerprint density at radius 1 is 0.324 bits per heavy atom. The first-order valence-corrected chi connectivity index (χ1v) is 43.4. The average Bonchev–Trinajstić information content (AvgIpc) is 0.741. The Balaban J connectivity index is 0.000000341. The number of benzene rings is 8. The van der Waals surface area contributed by atoms with Gasteiger partial charge in [0.1, 0.15) is 141 Å². The van der Waals surface area contributed by atoms with Crippen LogP contribution in [0.3, 0.4) is 0 Å². The van der Waals surface area contributed by atoms with Crippen molar-refractivity contribution < 1.29 is 173 Å². The number of carbonyl (C=O) groups excluding carboxylic acids is 10. The maximum absolute atomic E-state index is 13.4. The van der Waals surface area contributed by atoms with E-state index in [9.17, 15) is 102 Å². The van der Waals surface area contributed by atoms with Crippen LogP contribution in [-0.4, -0.2) is 227 Å². The minimum absolute atomic E-state index is 0.0115. The van der Waals surface area contributed by atoms with Crippen molar-refractivity contribution in [1.29, 1.82) is 0 Å². The number of aliphatic carboxylic acids is 4. The summed E-state index contributed by atoms with van der Waals surface area (Å²) >= 11 is 28.7. The first-order valence-electron chi connectivity index (χ1n) is 40.8. The minimum atomic E-state index is -1.31. The second kappa shape index (κ2) is 51.7. The molecule has 2 aliphatic heterocycles. The number of anilines is 4. The third kappa shape index (κ3) is 32.8. The molecule has 139 heavy (non-hydrogen) atoms. The lowest BCUT2D eigenvalue weighted by Gasteiger charge is -2.27. The molecule has 2 aliphatic carbocycles. The van der Waals surface area contributed by atoms with Crippen LogP contribution in [0.15, 0.2) is 128 Å². The lowest BCUT2D eigenvalue weighted by Crippen LogP contribution is -2.37. The number of phenolic OH excluding ortho intramolecular Hbond substituents is 1. The summed E-state index contributed by atoms with van der Waals surface area (Å²) in [5, 5.41) is 49.0. The van der Waals surface area contributed by atoms with E-state index in [2.05, 4.69) is 20.7 Å². The topological polar surface area (TPSA) is 552 Å². The summed E-state index contributed by atoms with van der Waals surface area (Å²) in [7, 11) is 0. The SMILES string of the molecule is CC(=O)OCBr.CC(=O)OCOC(=O)CN(CC(=O)OCOC(C)=O)c1ccc(C)cc1OCCOc1cc(-c2c3cc(Cl)c(=O)cc-3oc3cc(OCOC(C)=O)c(Cl)cc23)c(C)cc1N(CC(=O)OCOC(C)=O)CC(=O)OCOC(C)=O.Cc1ccc(N(CC(=O)O)CC(=O)O)c(OCCOc2cc(-c3c4cc(Cl)c(=O)cc-4oc4cc(O)c(Cl)cc34)c(C)cc2N(CC(=O)O)CC(=O)O)c1. The molecule has 47 heteroatoms. The van der Waals surface area contributed by atoms with E-state index < -0.39 is 175 Å². The number of phenols is 1. The van der Waals surface area contributed by atoms with Gasteiger partial charge in [0.2, 0.25) is 44.8 Å². The molecule has 42 nitrogen and oxygen atoms in total. The summed E-state index contributed by atoms with van der Waals surface area (Å²) < 4.78 is 91.2. The Morgan fingerprint density at radius 3 is 0.964 bits per heavy atom. The standard InChI is InChI=1S/C52H52Cl2N2O23.C37H32Cl2N2O13.C3H5BrO2/c1-28-8-9-40(55(19-48(63)75-24-70-31(4)58)20-49(64)76-25-71-32(5)59)46(12-28)67-10-11-68-47-16-35(29(2)13-41(47)56(21-50(65)77-26-72-33(6)60)22-51(66)78-27-73-34(7)61)52-36-14-38(53)42(62)17-43(36)79-44-18-45(39(54)15-37(44)52)74-23-69-30(3)57;1-18-3-4-25(40(14-33(44)45)15-34(46)47)31(7-18)52-5-6-53-32-11-20(19(2)8-26(32)41(16-35(48)49)17-36(50)51)37-21-9-23(38)27(42)12-29(21)54-30-13-28(43)24(39)10-22(30)37;1-3(5)6-2-4/h8-9,12-18H,10-11,19-27H2,1-7H3;3-4,7-13,42H,5-6,14-17H2,1-2H3,(H,44,45)(H,46,47)(H,48,49)(H,50,51);2H2,1H3. The molecule has 0 saturated carbocycles. The summed E-state index contributed by atoms with van der Waals surface area (Å²) in [4.78, 5) is 197. The molecule has 0 atom stereocenters. The number of nitrogens with zero attached hydrogens (tertiary/aromatic N) is 4. The van der Waals surface area contributed by atoms with Crippen molar-refractivity contribution in [3.8, 4) is 79.4 Å². The number of carboxylic acids is 4. The number of aromatic hydroxyl groups is 1. The van der Waals surface area contributed by atoms with Gasteiger partial charge in [-0.05, 0) is 150 Å². The zero-order valence-electron chi connectivity index (χ0n) is 75.5. The molecule has 2 heterocycles. The molecule has 0 fully saturated rings. The van der Waals surface area contributed by atoms with E-state index in [-0.39, 0.29) is 132 Å². The maximum Gasteiger partial charge on any atom is 0.328 e. The number of fused-ring (bicyclic) bond motifs is 4. The summed E-state index contributed by atoms with van der Waals surface area (Å²) in [6.45, 7) is 4.05. The summed E-state index contributed by atoms with van der Waals surface area (Å²) in [6, 6.07) is 26.6. The van der Waals surface area contributed by atoms with Gasteiger partial charge in [-0.3, -0.25) is 76.7 Å². The third-order valence-corrected chi connectivity index (χ3v) is 20.3. The zero-order chi connectivity index (χ0) is 102. The number of hydrogen-bond acceptors (Lipinski definition) is 38. The predicted octanol–water partition coefficient (Wildman–Crippen LogP) is 12.2. The molecule has 0 spiro atoms. The van der Waals surface area contributed by atoms with Gasteiger partial charge in [0.05, 0.1) is 42.8 Å². The molecule has 10 rings (SSSR count). The van der Waals surface area contributed by atoms with Gasteiger partial charge in [0.25, 0.3) is 0 Å². The van der Waals surface area contributed by atoms with Crippen LogP contribution in [0.25, 0.3) is 66.8 Å². The molecule has 5 N–H and O–H groups in total. The second-order valence-electron chi connectivity index (χ2n) is 29.4. The molecule has 0 aromatic heterocycles. The Bertz CT molecular complexity index is 6260. The van der Waals surface area contributed by atoms with Crippen molar-refractivity contribution in [3.63, 3.8) is 0 Å². The smallest absolute Gasteiger partial charge is 0.328 e. The first kappa shape index (κ1) is 109. The molecule has 0 unspecified atom stereocenters. The molecule has 6 aromatic rings. The molecule has 0 amide bonds. The van der Waals surface area contributed by atoms with Crippen molar-refractivity contribution in [1.82, 2.24) is 0 Å².